The first-order valence-electron chi connectivity index (χ1n) is 6.37. The number of carbonyl (C=O) groups is 1. The van der Waals surface area contributed by atoms with Crippen LogP contribution in [0.15, 0.2) is 24.3 Å². The second-order valence-corrected chi connectivity index (χ2v) is 6.22. The van der Waals surface area contributed by atoms with E-state index in [4.69, 9.17) is 0 Å². The van der Waals surface area contributed by atoms with Crippen molar-refractivity contribution in [2.45, 2.75) is 33.5 Å². The summed E-state index contributed by atoms with van der Waals surface area (Å²) >= 11 is 1.53. The van der Waals surface area contributed by atoms with Crippen LogP contribution >= 0.6 is 11.3 Å². The van der Waals surface area contributed by atoms with E-state index in [-0.39, 0.29) is 12.1 Å². The molecule has 1 aromatic heterocycles. The quantitative estimate of drug-likeness (QED) is 0.622. The molecular formula is C15H15F3NOS+. The van der Waals surface area contributed by atoms with Gasteiger partial charge in [0.25, 0.3) is 0 Å². The van der Waals surface area contributed by atoms with Crippen LogP contribution in [0, 0.1) is 20.8 Å². The molecule has 0 saturated heterocycles. The number of rotatable bonds is 3. The van der Waals surface area contributed by atoms with Crippen LogP contribution < -0.4 is 4.57 Å². The number of hydrogen-bond donors (Lipinski definition) is 0. The van der Waals surface area contributed by atoms with Crippen molar-refractivity contribution in [3.05, 3.63) is 51.0 Å². The molecule has 21 heavy (non-hydrogen) atoms. The molecule has 0 atom stereocenters. The van der Waals surface area contributed by atoms with Gasteiger partial charge in [0.05, 0.1) is 10.4 Å². The number of aryl methyl sites for hydroxylation is 2. The Labute approximate surface area is 124 Å². The summed E-state index contributed by atoms with van der Waals surface area (Å²) in [5.41, 5.74) is -0.242. The Hall–Kier alpha value is -1.69. The Balaban J connectivity index is 2.38. The van der Waals surface area contributed by atoms with Crippen molar-refractivity contribution >= 4 is 17.1 Å². The van der Waals surface area contributed by atoms with Crippen LogP contribution in [0.3, 0.4) is 0 Å². The Morgan fingerprint density at radius 3 is 2.33 bits per heavy atom. The van der Waals surface area contributed by atoms with Gasteiger partial charge in [0.2, 0.25) is 17.3 Å². The standard InChI is InChI=1S/C15H15F3NOS/c1-9-10(2)21-11(3)19(9)8-14(20)12-6-4-5-7-13(12)15(16,17)18/h4-7H,8H2,1-3H3/q+1. The molecule has 0 N–H and O–H groups in total. The highest BCUT2D eigenvalue weighted by molar-refractivity contribution is 7.11. The third-order valence-electron chi connectivity index (χ3n) is 3.43. The van der Waals surface area contributed by atoms with Crippen molar-refractivity contribution in [3.8, 4) is 0 Å². The molecule has 0 amide bonds. The third kappa shape index (κ3) is 3.15. The average molecular weight is 314 g/mol. The number of Topliss-reactive ketones (excluding diaryl/α,β-unsaturated/α-hetero) is 1. The molecule has 2 rings (SSSR count). The molecule has 0 aliphatic carbocycles. The van der Waals surface area contributed by atoms with Crippen molar-refractivity contribution in [1.29, 1.82) is 0 Å². The van der Waals surface area contributed by atoms with E-state index in [2.05, 4.69) is 0 Å². The SMILES string of the molecule is Cc1sc(C)[n+](CC(=O)c2ccccc2C(F)(F)F)c1C. The molecule has 0 radical (unpaired) electrons. The monoisotopic (exact) mass is 314 g/mol. The van der Waals surface area contributed by atoms with E-state index in [1.165, 1.54) is 29.5 Å². The highest BCUT2D eigenvalue weighted by Gasteiger charge is 2.35. The summed E-state index contributed by atoms with van der Waals surface area (Å²) in [4.78, 5) is 13.3. The molecule has 2 aromatic rings. The summed E-state index contributed by atoms with van der Waals surface area (Å²) in [6, 6.07) is 4.91. The number of carbonyl (C=O) groups excluding carboxylic acids is 1. The van der Waals surface area contributed by atoms with Gasteiger partial charge in [-0.05, 0) is 13.0 Å². The summed E-state index contributed by atoms with van der Waals surface area (Å²) in [7, 11) is 0. The molecule has 0 aliphatic rings. The highest BCUT2D eigenvalue weighted by atomic mass is 32.1. The number of nitrogens with zero attached hydrogens (tertiary/aromatic N) is 1. The lowest BCUT2D eigenvalue weighted by molar-refractivity contribution is -0.690. The zero-order chi connectivity index (χ0) is 15.8. The second-order valence-electron chi connectivity index (χ2n) is 4.82. The van der Waals surface area contributed by atoms with Crippen LogP contribution in [0.25, 0.3) is 0 Å². The number of halogens is 3. The van der Waals surface area contributed by atoms with E-state index >= 15 is 0 Å². The number of thiazole rings is 1. The molecule has 0 unspecified atom stereocenters. The first-order chi connectivity index (χ1) is 9.71. The van der Waals surface area contributed by atoms with Crippen molar-refractivity contribution < 1.29 is 22.5 Å². The first-order valence-corrected chi connectivity index (χ1v) is 7.19. The molecule has 0 aliphatic heterocycles. The molecule has 1 heterocycles. The fourth-order valence-electron chi connectivity index (χ4n) is 2.21. The lowest BCUT2D eigenvalue weighted by atomic mass is 10.0. The first kappa shape index (κ1) is 15.7. The fraction of sp³-hybridized carbons (Fsp3) is 0.333. The van der Waals surface area contributed by atoms with Crippen LogP contribution in [0.2, 0.25) is 0 Å². The Morgan fingerprint density at radius 2 is 1.81 bits per heavy atom. The maximum atomic E-state index is 13.0. The number of hydrogen-bond acceptors (Lipinski definition) is 2. The lowest BCUT2D eigenvalue weighted by Gasteiger charge is -2.10. The Morgan fingerprint density at radius 1 is 1.19 bits per heavy atom. The number of aromatic nitrogens is 1. The van der Waals surface area contributed by atoms with Gasteiger partial charge in [-0.3, -0.25) is 4.79 Å². The normalized spacial score (nSPS) is 11.7. The van der Waals surface area contributed by atoms with E-state index in [1.807, 2.05) is 20.8 Å². The van der Waals surface area contributed by atoms with Crippen molar-refractivity contribution in [2.75, 3.05) is 0 Å². The number of alkyl halides is 3. The molecule has 0 spiro atoms. The average Bonchev–Trinajstić information content (AvgIpc) is 2.64. The van der Waals surface area contributed by atoms with Crippen LogP contribution in [-0.2, 0) is 12.7 Å². The second kappa shape index (κ2) is 5.60. The number of benzene rings is 1. The molecule has 1 aromatic carbocycles. The molecule has 0 saturated carbocycles. The van der Waals surface area contributed by atoms with E-state index in [1.54, 1.807) is 4.57 Å². The predicted molar refractivity (Wildman–Crippen MR) is 74.5 cm³/mol. The zero-order valence-corrected chi connectivity index (χ0v) is 12.7. The maximum absolute atomic E-state index is 13.0. The molecule has 2 nitrogen and oxygen atoms in total. The van der Waals surface area contributed by atoms with Gasteiger partial charge in [-0.1, -0.05) is 29.5 Å². The van der Waals surface area contributed by atoms with Crippen molar-refractivity contribution in [1.82, 2.24) is 0 Å². The van der Waals surface area contributed by atoms with Gasteiger partial charge in [0.1, 0.15) is 0 Å². The molecule has 112 valence electrons. The molecule has 0 fully saturated rings. The Bertz CT molecular complexity index is 689. The maximum Gasteiger partial charge on any atom is 0.417 e. The van der Waals surface area contributed by atoms with E-state index in [9.17, 15) is 18.0 Å². The minimum atomic E-state index is -4.52. The van der Waals surface area contributed by atoms with Gasteiger partial charge < -0.3 is 0 Å². The minimum Gasteiger partial charge on any atom is -0.287 e. The fourth-order valence-corrected chi connectivity index (χ4v) is 3.22. The number of ketones is 1. The zero-order valence-electron chi connectivity index (χ0n) is 11.9. The summed E-state index contributed by atoms with van der Waals surface area (Å²) in [5.74, 6) is -0.531. The Kier molecular flexibility index (Phi) is 4.18. The van der Waals surface area contributed by atoms with Crippen LogP contribution in [0.5, 0.6) is 0 Å². The largest absolute Gasteiger partial charge is 0.417 e. The van der Waals surface area contributed by atoms with Crippen LogP contribution in [-0.4, -0.2) is 5.78 Å². The van der Waals surface area contributed by atoms with Gasteiger partial charge in [0, 0.05) is 19.4 Å². The molecular weight excluding hydrogens is 299 g/mol. The topological polar surface area (TPSA) is 20.9 Å². The summed E-state index contributed by atoms with van der Waals surface area (Å²) in [6.07, 6.45) is -4.52. The van der Waals surface area contributed by atoms with Crippen molar-refractivity contribution in [3.63, 3.8) is 0 Å². The molecule has 6 heteroatoms. The highest BCUT2D eigenvalue weighted by Crippen LogP contribution is 2.32. The summed E-state index contributed by atoms with van der Waals surface area (Å²) in [5, 5.41) is 0.905. The van der Waals surface area contributed by atoms with Gasteiger partial charge in [-0.15, -0.1) is 0 Å². The van der Waals surface area contributed by atoms with Crippen LogP contribution in [0.4, 0.5) is 13.2 Å². The van der Waals surface area contributed by atoms with E-state index in [0.717, 1.165) is 21.6 Å². The van der Waals surface area contributed by atoms with Crippen molar-refractivity contribution in [2.24, 2.45) is 0 Å². The third-order valence-corrected chi connectivity index (χ3v) is 4.55. The van der Waals surface area contributed by atoms with Gasteiger partial charge in [-0.25, -0.2) is 0 Å². The summed E-state index contributed by atoms with van der Waals surface area (Å²) < 4.78 is 40.6. The van der Waals surface area contributed by atoms with E-state index in [0.29, 0.717) is 0 Å². The van der Waals surface area contributed by atoms with Crippen LogP contribution in [0.1, 0.15) is 31.5 Å². The smallest absolute Gasteiger partial charge is 0.287 e. The van der Waals surface area contributed by atoms with Gasteiger partial charge in [-0.2, -0.15) is 17.7 Å². The van der Waals surface area contributed by atoms with E-state index < -0.39 is 17.5 Å². The predicted octanol–water partition coefficient (Wildman–Crippen LogP) is 3.86. The molecule has 0 bridgehead atoms. The lowest BCUT2D eigenvalue weighted by Crippen LogP contribution is -2.41. The van der Waals surface area contributed by atoms with Gasteiger partial charge >= 0.3 is 6.18 Å². The van der Waals surface area contributed by atoms with Gasteiger partial charge in [0.15, 0.2) is 5.69 Å². The summed E-state index contributed by atoms with van der Waals surface area (Å²) in [6.45, 7) is 5.57. The minimum absolute atomic E-state index is 0.0743.